The van der Waals surface area contributed by atoms with Gasteiger partial charge in [-0.05, 0) is 24.6 Å². The molecule has 3 aliphatic heterocycles. The van der Waals surface area contributed by atoms with Crippen LogP contribution in [0.1, 0.15) is 33.2 Å². The number of rotatable bonds is 4. The van der Waals surface area contributed by atoms with Gasteiger partial charge in [0.2, 0.25) is 0 Å². The first-order valence-electron chi connectivity index (χ1n) is 10.3. The maximum absolute atomic E-state index is 13.2. The van der Waals surface area contributed by atoms with Gasteiger partial charge >= 0.3 is 0 Å². The Morgan fingerprint density at radius 1 is 1.00 bits per heavy atom. The molecule has 5 rings (SSSR count). The van der Waals surface area contributed by atoms with Gasteiger partial charge in [0.05, 0.1) is 24.3 Å². The highest BCUT2D eigenvalue weighted by molar-refractivity contribution is 7.80. The number of hydrogen-bond donors (Lipinski definition) is 1. The smallest absolute Gasteiger partial charge is 0.262 e. The Bertz CT molecular complexity index is 950. The van der Waals surface area contributed by atoms with E-state index in [2.05, 4.69) is 12.6 Å². The molecule has 2 fully saturated rings. The summed E-state index contributed by atoms with van der Waals surface area (Å²) >= 11 is 4.61. The van der Waals surface area contributed by atoms with Gasteiger partial charge < -0.3 is 18.9 Å². The van der Waals surface area contributed by atoms with Crippen LogP contribution in [0.3, 0.4) is 0 Å². The van der Waals surface area contributed by atoms with Crippen LogP contribution in [0.5, 0.6) is 0 Å². The van der Waals surface area contributed by atoms with E-state index in [1.807, 2.05) is 30.3 Å². The molecule has 0 saturated carbocycles. The van der Waals surface area contributed by atoms with Crippen LogP contribution in [0, 0.1) is 0 Å². The molecule has 0 aliphatic carbocycles. The van der Waals surface area contributed by atoms with Crippen LogP contribution in [-0.4, -0.2) is 59.4 Å². The number of carbonyl (C=O) groups excluding carboxylic acids is 2. The zero-order valence-corrected chi connectivity index (χ0v) is 17.8. The maximum atomic E-state index is 13.2. The molecule has 2 amide bonds. The number of carbonyl (C=O) groups is 2. The van der Waals surface area contributed by atoms with E-state index >= 15 is 0 Å². The van der Waals surface area contributed by atoms with Crippen molar-refractivity contribution in [2.45, 2.75) is 49.6 Å². The fraction of sp³-hybridized carbons (Fsp3) is 0.391. The highest BCUT2D eigenvalue weighted by atomic mass is 32.1. The third kappa shape index (κ3) is 3.68. The summed E-state index contributed by atoms with van der Waals surface area (Å²) in [5, 5.41) is 0. The van der Waals surface area contributed by atoms with Gasteiger partial charge in [-0.1, -0.05) is 42.5 Å². The Kier molecular flexibility index (Phi) is 5.58. The lowest BCUT2D eigenvalue weighted by atomic mass is 9.95. The third-order valence-electron chi connectivity index (χ3n) is 5.89. The van der Waals surface area contributed by atoms with Crippen molar-refractivity contribution < 1.29 is 28.5 Å². The zero-order chi connectivity index (χ0) is 21.5. The van der Waals surface area contributed by atoms with Gasteiger partial charge in [-0.15, -0.1) is 12.6 Å². The van der Waals surface area contributed by atoms with Gasteiger partial charge in [-0.25, -0.2) is 0 Å². The average Bonchev–Trinajstić information content (AvgIpc) is 3.03. The minimum Gasteiger partial charge on any atom is -0.368 e. The molecule has 0 bridgehead atoms. The SMILES string of the molecule is CC1OC[C@H]2O[C@@H](S)[C@H](N3C(=O)c4ccccc4C3=O)[C@@H](OCc3ccccc3)[C@H]2O1. The van der Waals surface area contributed by atoms with Crippen LogP contribution in [-0.2, 0) is 25.6 Å². The van der Waals surface area contributed by atoms with Crippen molar-refractivity contribution in [3.05, 3.63) is 71.3 Å². The van der Waals surface area contributed by atoms with Crippen molar-refractivity contribution in [3.8, 4) is 0 Å². The Balaban J connectivity index is 1.49. The van der Waals surface area contributed by atoms with Crippen LogP contribution in [0.4, 0.5) is 0 Å². The topological polar surface area (TPSA) is 74.3 Å². The van der Waals surface area contributed by atoms with Gasteiger partial charge in [-0.3, -0.25) is 14.5 Å². The molecule has 0 spiro atoms. The first-order valence-corrected chi connectivity index (χ1v) is 10.8. The molecule has 0 N–H and O–H groups in total. The molecule has 0 aromatic heterocycles. The number of benzene rings is 2. The lowest BCUT2D eigenvalue weighted by molar-refractivity contribution is -0.307. The molecule has 3 heterocycles. The number of imide groups is 1. The quantitative estimate of drug-likeness (QED) is 0.581. The summed E-state index contributed by atoms with van der Waals surface area (Å²) in [6.45, 7) is 2.42. The van der Waals surface area contributed by atoms with Crippen LogP contribution in [0.25, 0.3) is 0 Å². The molecular weight excluding hydrogens is 418 g/mol. The molecule has 8 heteroatoms. The standard InChI is InChI=1S/C23H23NO6S/c1-13-27-12-17-19(29-13)20(28-11-14-7-3-2-4-8-14)18(23(31)30-17)24-21(25)15-9-5-6-10-16(15)22(24)26/h2-10,13,17-20,23,31H,11-12H2,1H3/t13?,17-,18-,19+,20-,23+/m1/s1. The Morgan fingerprint density at radius 3 is 2.32 bits per heavy atom. The lowest BCUT2D eigenvalue weighted by Crippen LogP contribution is -2.67. The summed E-state index contributed by atoms with van der Waals surface area (Å²) in [5.74, 6) is -0.750. The average molecular weight is 442 g/mol. The number of ether oxygens (including phenoxy) is 4. The lowest BCUT2D eigenvalue weighted by Gasteiger charge is -2.49. The van der Waals surface area contributed by atoms with Crippen molar-refractivity contribution in [1.82, 2.24) is 4.90 Å². The summed E-state index contributed by atoms with van der Waals surface area (Å²) in [4.78, 5) is 27.6. The van der Waals surface area contributed by atoms with E-state index < -0.39 is 36.1 Å². The molecular formula is C23H23NO6S. The molecule has 2 aromatic carbocycles. The van der Waals surface area contributed by atoms with E-state index in [1.54, 1.807) is 31.2 Å². The number of hydrogen-bond acceptors (Lipinski definition) is 7. The van der Waals surface area contributed by atoms with E-state index in [-0.39, 0.29) is 11.8 Å². The van der Waals surface area contributed by atoms with Crippen LogP contribution < -0.4 is 0 Å². The van der Waals surface area contributed by atoms with Crippen molar-refractivity contribution in [1.29, 1.82) is 0 Å². The summed E-state index contributed by atoms with van der Waals surface area (Å²) in [5.41, 5.74) is 0.976. The maximum Gasteiger partial charge on any atom is 0.262 e. The number of nitrogens with zero attached hydrogens (tertiary/aromatic N) is 1. The van der Waals surface area contributed by atoms with Crippen LogP contribution >= 0.6 is 12.6 Å². The highest BCUT2D eigenvalue weighted by Gasteiger charge is 2.55. The third-order valence-corrected chi connectivity index (χ3v) is 6.31. The normalized spacial score (nSPS) is 32.6. The molecule has 162 valence electrons. The summed E-state index contributed by atoms with van der Waals surface area (Å²) in [6.07, 6.45) is -2.00. The molecule has 1 unspecified atom stereocenters. The van der Waals surface area contributed by atoms with Gasteiger partial charge in [0, 0.05) is 0 Å². The predicted octanol–water partition coefficient (Wildman–Crippen LogP) is 2.65. The van der Waals surface area contributed by atoms with Crippen LogP contribution in [0.2, 0.25) is 0 Å². The van der Waals surface area contributed by atoms with E-state index in [1.165, 1.54) is 4.90 Å². The van der Waals surface area contributed by atoms with Gasteiger partial charge in [0.15, 0.2) is 6.29 Å². The second-order valence-electron chi connectivity index (χ2n) is 7.84. The predicted molar refractivity (Wildman–Crippen MR) is 114 cm³/mol. The van der Waals surface area contributed by atoms with E-state index in [4.69, 9.17) is 18.9 Å². The fourth-order valence-corrected chi connectivity index (χ4v) is 4.87. The number of thiol groups is 1. The minimum atomic E-state index is -0.758. The monoisotopic (exact) mass is 441 g/mol. The van der Waals surface area contributed by atoms with Crippen molar-refractivity contribution in [2.24, 2.45) is 0 Å². The van der Waals surface area contributed by atoms with Gasteiger partial charge in [0.25, 0.3) is 11.8 Å². The van der Waals surface area contributed by atoms with Gasteiger partial charge in [-0.2, -0.15) is 0 Å². The minimum absolute atomic E-state index is 0.299. The van der Waals surface area contributed by atoms with E-state index in [9.17, 15) is 9.59 Å². The molecule has 2 aromatic rings. The number of fused-ring (bicyclic) bond motifs is 2. The first-order chi connectivity index (χ1) is 15.0. The van der Waals surface area contributed by atoms with Crippen molar-refractivity contribution >= 4 is 24.4 Å². The Morgan fingerprint density at radius 2 is 1.65 bits per heavy atom. The van der Waals surface area contributed by atoms with Gasteiger partial charge in [0.1, 0.15) is 29.8 Å². The van der Waals surface area contributed by atoms with Crippen LogP contribution in [0.15, 0.2) is 54.6 Å². The fourth-order valence-electron chi connectivity index (χ4n) is 4.41. The molecule has 7 nitrogen and oxygen atoms in total. The van der Waals surface area contributed by atoms with Crippen molar-refractivity contribution in [2.75, 3.05) is 6.61 Å². The molecule has 3 aliphatic rings. The summed E-state index contributed by atoms with van der Waals surface area (Å²) in [7, 11) is 0. The Labute approximate surface area is 185 Å². The summed E-state index contributed by atoms with van der Waals surface area (Å²) in [6, 6.07) is 15.7. The van der Waals surface area contributed by atoms with E-state index in [0.29, 0.717) is 24.3 Å². The second kappa shape index (κ2) is 8.37. The largest absolute Gasteiger partial charge is 0.368 e. The first kappa shape index (κ1) is 20.7. The second-order valence-corrected chi connectivity index (χ2v) is 8.35. The molecule has 31 heavy (non-hydrogen) atoms. The molecule has 0 radical (unpaired) electrons. The van der Waals surface area contributed by atoms with E-state index in [0.717, 1.165) is 5.56 Å². The highest BCUT2D eigenvalue weighted by Crippen LogP contribution is 2.37. The van der Waals surface area contributed by atoms with Crippen molar-refractivity contribution in [3.63, 3.8) is 0 Å². The zero-order valence-electron chi connectivity index (χ0n) is 16.9. The molecule has 2 saturated heterocycles. The Hall–Kier alpha value is -2.23. The summed E-state index contributed by atoms with van der Waals surface area (Å²) < 4.78 is 23.9. The molecule has 6 atom stereocenters. The number of amides is 2.